The van der Waals surface area contributed by atoms with Gasteiger partial charge in [-0.05, 0) is 30.7 Å². The van der Waals surface area contributed by atoms with E-state index in [4.69, 9.17) is 0 Å². The average Bonchev–Trinajstić information content (AvgIpc) is 2.66. The Labute approximate surface area is 104 Å². The van der Waals surface area contributed by atoms with E-state index in [1.165, 1.54) is 5.56 Å². The van der Waals surface area contributed by atoms with Crippen molar-refractivity contribution < 1.29 is 0 Å². The molecule has 1 heterocycles. The fourth-order valence-electron chi connectivity index (χ4n) is 1.45. The van der Waals surface area contributed by atoms with E-state index >= 15 is 0 Å². The van der Waals surface area contributed by atoms with Crippen LogP contribution in [0.2, 0.25) is 0 Å². The third kappa shape index (κ3) is 2.64. The molecule has 0 aliphatic rings. The monoisotopic (exact) mass is 279 g/mol. The molecule has 0 amide bonds. The molecule has 84 valence electrons. The Kier molecular flexibility index (Phi) is 3.29. The van der Waals surface area contributed by atoms with Crippen LogP contribution in [0.3, 0.4) is 0 Å². The number of rotatable bonds is 3. The van der Waals surface area contributed by atoms with Gasteiger partial charge in [0.1, 0.15) is 0 Å². The number of hydrogen-bond acceptors (Lipinski definition) is 2. The Hall–Kier alpha value is -1.29. The second kappa shape index (κ2) is 4.70. The first-order chi connectivity index (χ1) is 7.65. The predicted octanol–water partition coefficient (Wildman–Crippen LogP) is 3.10. The van der Waals surface area contributed by atoms with Gasteiger partial charge in [-0.3, -0.25) is 4.68 Å². The summed E-state index contributed by atoms with van der Waals surface area (Å²) < 4.78 is 2.93. The van der Waals surface area contributed by atoms with Crippen LogP contribution in [-0.4, -0.2) is 9.78 Å². The first-order valence-corrected chi connectivity index (χ1v) is 5.93. The summed E-state index contributed by atoms with van der Waals surface area (Å²) in [7, 11) is 1.92. The van der Waals surface area contributed by atoms with Gasteiger partial charge in [-0.1, -0.05) is 22.0 Å². The highest BCUT2D eigenvalue weighted by Crippen LogP contribution is 2.20. The zero-order valence-electron chi connectivity index (χ0n) is 9.37. The fourth-order valence-corrected chi connectivity index (χ4v) is 1.83. The Bertz CT molecular complexity index is 491. The van der Waals surface area contributed by atoms with Crippen LogP contribution in [0.15, 0.2) is 34.9 Å². The van der Waals surface area contributed by atoms with Gasteiger partial charge >= 0.3 is 0 Å². The Morgan fingerprint density at radius 3 is 2.81 bits per heavy atom. The molecule has 0 radical (unpaired) electrons. The maximum atomic E-state index is 4.31. The first-order valence-electron chi connectivity index (χ1n) is 5.14. The zero-order valence-corrected chi connectivity index (χ0v) is 11.0. The second-order valence-electron chi connectivity index (χ2n) is 3.80. The minimum absolute atomic E-state index is 0.746. The van der Waals surface area contributed by atoms with Crippen molar-refractivity contribution in [1.29, 1.82) is 0 Å². The average molecular weight is 280 g/mol. The lowest BCUT2D eigenvalue weighted by Crippen LogP contribution is -2.01. The molecule has 3 nitrogen and oxygen atoms in total. The van der Waals surface area contributed by atoms with Gasteiger partial charge in [0.2, 0.25) is 0 Å². The molecule has 0 aliphatic carbocycles. The van der Waals surface area contributed by atoms with Crippen molar-refractivity contribution in [2.24, 2.45) is 7.05 Å². The number of aromatic nitrogens is 2. The zero-order chi connectivity index (χ0) is 11.5. The number of anilines is 1. The van der Waals surface area contributed by atoms with Gasteiger partial charge < -0.3 is 5.32 Å². The van der Waals surface area contributed by atoms with Crippen LogP contribution in [0, 0.1) is 6.92 Å². The van der Waals surface area contributed by atoms with E-state index in [0.717, 1.165) is 22.4 Å². The van der Waals surface area contributed by atoms with E-state index in [9.17, 15) is 0 Å². The topological polar surface area (TPSA) is 29.9 Å². The Balaban J connectivity index is 2.02. The summed E-state index contributed by atoms with van der Waals surface area (Å²) in [6.45, 7) is 2.82. The van der Waals surface area contributed by atoms with Gasteiger partial charge in [0, 0.05) is 23.4 Å². The SMILES string of the molecule is Cc1ccc(NCc2ccn(C)n2)cc1Br. The summed E-state index contributed by atoms with van der Waals surface area (Å²) in [5, 5.41) is 7.64. The number of nitrogens with zero attached hydrogens (tertiary/aromatic N) is 2. The van der Waals surface area contributed by atoms with Crippen molar-refractivity contribution in [2.75, 3.05) is 5.32 Å². The number of nitrogens with one attached hydrogen (secondary N) is 1. The van der Waals surface area contributed by atoms with E-state index in [0.29, 0.717) is 0 Å². The van der Waals surface area contributed by atoms with Crippen molar-refractivity contribution in [3.8, 4) is 0 Å². The molecule has 4 heteroatoms. The summed E-state index contributed by atoms with van der Waals surface area (Å²) in [4.78, 5) is 0. The van der Waals surface area contributed by atoms with Crippen LogP contribution < -0.4 is 5.32 Å². The first kappa shape index (κ1) is 11.2. The number of aryl methyl sites for hydroxylation is 2. The van der Waals surface area contributed by atoms with Crippen molar-refractivity contribution in [1.82, 2.24) is 9.78 Å². The molecule has 0 spiro atoms. The summed E-state index contributed by atoms with van der Waals surface area (Å²) in [6.07, 6.45) is 1.95. The standard InChI is InChI=1S/C12H14BrN3/c1-9-3-4-10(7-12(9)13)14-8-11-5-6-16(2)15-11/h3-7,14H,8H2,1-2H3. The number of benzene rings is 1. The molecule has 0 fully saturated rings. The molecule has 0 atom stereocenters. The number of halogens is 1. The third-order valence-corrected chi connectivity index (χ3v) is 3.27. The van der Waals surface area contributed by atoms with E-state index in [1.54, 1.807) is 0 Å². The van der Waals surface area contributed by atoms with E-state index in [1.807, 2.05) is 24.0 Å². The molecule has 1 N–H and O–H groups in total. The summed E-state index contributed by atoms with van der Waals surface area (Å²) in [5.74, 6) is 0. The Morgan fingerprint density at radius 2 is 2.19 bits per heavy atom. The fraction of sp³-hybridized carbons (Fsp3) is 0.250. The van der Waals surface area contributed by atoms with Crippen molar-refractivity contribution in [3.05, 3.63) is 46.2 Å². The lowest BCUT2D eigenvalue weighted by Gasteiger charge is -2.06. The molecule has 1 aromatic carbocycles. The smallest absolute Gasteiger partial charge is 0.0815 e. The largest absolute Gasteiger partial charge is 0.379 e. The van der Waals surface area contributed by atoms with E-state index in [2.05, 4.69) is 51.5 Å². The summed E-state index contributed by atoms with van der Waals surface area (Å²) in [5.41, 5.74) is 3.38. The quantitative estimate of drug-likeness (QED) is 0.936. The molecule has 0 saturated carbocycles. The molecular weight excluding hydrogens is 266 g/mol. The molecule has 0 saturated heterocycles. The van der Waals surface area contributed by atoms with Crippen LogP contribution in [0.1, 0.15) is 11.3 Å². The lowest BCUT2D eigenvalue weighted by molar-refractivity contribution is 0.747. The van der Waals surface area contributed by atoms with Crippen molar-refractivity contribution >= 4 is 21.6 Å². The highest BCUT2D eigenvalue weighted by Gasteiger charge is 1.99. The van der Waals surface area contributed by atoms with Crippen LogP contribution >= 0.6 is 15.9 Å². The van der Waals surface area contributed by atoms with Crippen molar-refractivity contribution in [3.63, 3.8) is 0 Å². The van der Waals surface area contributed by atoms with E-state index in [-0.39, 0.29) is 0 Å². The van der Waals surface area contributed by atoms with Crippen molar-refractivity contribution in [2.45, 2.75) is 13.5 Å². The summed E-state index contributed by atoms with van der Waals surface area (Å²) >= 11 is 3.52. The van der Waals surface area contributed by atoms with Gasteiger partial charge in [-0.15, -0.1) is 0 Å². The van der Waals surface area contributed by atoms with Crippen LogP contribution in [0.25, 0.3) is 0 Å². The van der Waals surface area contributed by atoms with Crippen LogP contribution in [0.5, 0.6) is 0 Å². The third-order valence-electron chi connectivity index (χ3n) is 2.41. The van der Waals surface area contributed by atoms with Crippen LogP contribution in [0.4, 0.5) is 5.69 Å². The molecule has 2 aromatic rings. The maximum Gasteiger partial charge on any atom is 0.0815 e. The molecular formula is C12H14BrN3. The lowest BCUT2D eigenvalue weighted by atomic mass is 10.2. The minimum Gasteiger partial charge on any atom is -0.379 e. The van der Waals surface area contributed by atoms with E-state index < -0.39 is 0 Å². The second-order valence-corrected chi connectivity index (χ2v) is 4.65. The van der Waals surface area contributed by atoms with Gasteiger partial charge in [-0.2, -0.15) is 5.10 Å². The molecule has 0 bridgehead atoms. The van der Waals surface area contributed by atoms with Gasteiger partial charge in [0.15, 0.2) is 0 Å². The normalized spacial score (nSPS) is 10.4. The Morgan fingerprint density at radius 1 is 1.38 bits per heavy atom. The molecule has 16 heavy (non-hydrogen) atoms. The maximum absolute atomic E-state index is 4.31. The summed E-state index contributed by atoms with van der Waals surface area (Å²) in [6, 6.07) is 8.25. The van der Waals surface area contributed by atoms with Crippen LogP contribution in [-0.2, 0) is 13.6 Å². The van der Waals surface area contributed by atoms with Gasteiger partial charge in [-0.25, -0.2) is 0 Å². The van der Waals surface area contributed by atoms with Gasteiger partial charge in [0.25, 0.3) is 0 Å². The molecule has 0 aliphatic heterocycles. The highest BCUT2D eigenvalue weighted by molar-refractivity contribution is 9.10. The predicted molar refractivity (Wildman–Crippen MR) is 69.4 cm³/mol. The molecule has 0 unspecified atom stereocenters. The van der Waals surface area contributed by atoms with Gasteiger partial charge in [0.05, 0.1) is 12.2 Å². The molecule has 1 aromatic heterocycles. The highest BCUT2D eigenvalue weighted by atomic mass is 79.9. The number of hydrogen-bond donors (Lipinski definition) is 1. The minimum atomic E-state index is 0.746. The molecule has 2 rings (SSSR count).